The van der Waals surface area contributed by atoms with E-state index in [1.165, 1.54) is 12.3 Å². The fraction of sp³-hybridized carbons (Fsp3) is 0.412. The molecule has 0 fully saturated rings. The molecule has 0 heterocycles. The Morgan fingerprint density at radius 2 is 2.17 bits per heavy atom. The normalized spacial score (nSPS) is 19.2. The molecular formula is C17H20ClFN2O2. The number of carbonyl (C=O) groups is 1. The molecule has 6 heteroatoms. The van der Waals surface area contributed by atoms with Gasteiger partial charge in [-0.2, -0.15) is 0 Å². The fourth-order valence-corrected chi connectivity index (χ4v) is 2.81. The Bertz CT molecular complexity index is 656. The highest BCUT2D eigenvalue weighted by molar-refractivity contribution is 6.31. The summed E-state index contributed by atoms with van der Waals surface area (Å²) in [4.78, 5) is 18.4. The minimum Gasteiger partial charge on any atom is -0.511 e. The predicted molar refractivity (Wildman–Crippen MR) is 90.0 cm³/mol. The maximum Gasteiger partial charge on any atom is 0.168 e. The number of carbonyl (C=O) groups excluding carboxylic acids is 1. The van der Waals surface area contributed by atoms with Crippen LogP contribution < -0.4 is 0 Å². The summed E-state index contributed by atoms with van der Waals surface area (Å²) < 4.78 is 13.6. The van der Waals surface area contributed by atoms with E-state index in [4.69, 9.17) is 11.6 Å². The monoisotopic (exact) mass is 338 g/mol. The summed E-state index contributed by atoms with van der Waals surface area (Å²) in [5.74, 6) is -1.05. The molecule has 0 saturated heterocycles. The Balaban J connectivity index is 2.15. The number of hydrogen-bond acceptors (Lipinski definition) is 4. The van der Waals surface area contributed by atoms with Crippen molar-refractivity contribution < 1.29 is 14.3 Å². The third kappa shape index (κ3) is 4.39. The molecule has 1 aliphatic carbocycles. The Labute approximate surface area is 140 Å². The third-order valence-electron chi connectivity index (χ3n) is 3.80. The van der Waals surface area contributed by atoms with Gasteiger partial charge in [-0.05, 0) is 31.6 Å². The van der Waals surface area contributed by atoms with Gasteiger partial charge in [0.25, 0.3) is 0 Å². The van der Waals surface area contributed by atoms with E-state index in [9.17, 15) is 14.3 Å². The quantitative estimate of drug-likeness (QED) is 0.837. The van der Waals surface area contributed by atoms with Crippen LogP contribution in [-0.2, 0) is 4.79 Å². The molecule has 1 aliphatic rings. The molecule has 0 aromatic heterocycles. The lowest BCUT2D eigenvalue weighted by Gasteiger charge is -2.23. The molecule has 0 aliphatic heterocycles. The molecule has 1 N–H and O–H groups in total. The van der Waals surface area contributed by atoms with E-state index in [0.717, 1.165) is 6.54 Å². The highest BCUT2D eigenvalue weighted by Crippen LogP contribution is 2.37. The first-order valence-electron chi connectivity index (χ1n) is 7.44. The van der Waals surface area contributed by atoms with Gasteiger partial charge in [0, 0.05) is 25.6 Å². The van der Waals surface area contributed by atoms with Crippen LogP contribution in [0.3, 0.4) is 0 Å². The predicted octanol–water partition coefficient (Wildman–Crippen LogP) is 3.37. The van der Waals surface area contributed by atoms with Crippen molar-refractivity contribution in [1.29, 1.82) is 0 Å². The Morgan fingerprint density at radius 1 is 1.43 bits per heavy atom. The average molecular weight is 339 g/mol. The first kappa shape index (κ1) is 17.6. The Hall–Kier alpha value is -1.72. The zero-order valence-corrected chi connectivity index (χ0v) is 14.0. The molecule has 0 bridgehead atoms. The number of aliphatic hydroxyl groups is 1. The lowest BCUT2D eigenvalue weighted by atomic mass is 9.83. The molecule has 124 valence electrons. The molecule has 1 atom stereocenters. The number of benzene rings is 1. The smallest absolute Gasteiger partial charge is 0.168 e. The second-order valence-corrected chi connectivity index (χ2v) is 6.25. The summed E-state index contributed by atoms with van der Waals surface area (Å²) in [6, 6.07) is 4.52. The fourth-order valence-electron chi connectivity index (χ4n) is 2.53. The summed E-state index contributed by atoms with van der Waals surface area (Å²) in [6.07, 6.45) is 1.87. The number of likely N-dealkylation sites (N-methyl/N-ethyl adjacent to an activating group) is 1. The molecule has 0 spiro atoms. The standard InChI is InChI=1S/C17H20ClFN2O2/c1-21(2)7-6-20-10-13-15(22)8-11(9-16(13)23)12-4-3-5-14(19)17(12)18/h3-5,10-11,22H,6-9H2,1-2H3. The summed E-state index contributed by atoms with van der Waals surface area (Å²) >= 11 is 5.98. The Morgan fingerprint density at radius 3 is 2.83 bits per heavy atom. The van der Waals surface area contributed by atoms with Gasteiger partial charge >= 0.3 is 0 Å². The molecule has 4 nitrogen and oxygen atoms in total. The van der Waals surface area contributed by atoms with Gasteiger partial charge in [-0.15, -0.1) is 0 Å². The van der Waals surface area contributed by atoms with E-state index in [1.54, 1.807) is 12.1 Å². The van der Waals surface area contributed by atoms with Crippen molar-refractivity contribution in [3.05, 3.63) is 45.9 Å². The number of allylic oxidation sites excluding steroid dienone is 2. The van der Waals surface area contributed by atoms with Gasteiger partial charge in [0.15, 0.2) is 5.78 Å². The zero-order chi connectivity index (χ0) is 17.0. The highest BCUT2D eigenvalue weighted by Gasteiger charge is 2.29. The van der Waals surface area contributed by atoms with Gasteiger partial charge in [-0.25, -0.2) is 4.39 Å². The van der Waals surface area contributed by atoms with Crippen LogP contribution in [0.1, 0.15) is 24.3 Å². The third-order valence-corrected chi connectivity index (χ3v) is 4.20. The van der Waals surface area contributed by atoms with Gasteiger partial charge in [0.2, 0.25) is 0 Å². The molecular weight excluding hydrogens is 319 g/mol. The maximum atomic E-state index is 13.6. The molecule has 1 unspecified atom stereocenters. The van der Waals surface area contributed by atoms with Crippen LogP contribution in [0.25, 0.3) is 0 Å². The second-order valence-electron chi connectivity index (χ2n) is 5.87. The molecule has 0 radical (unpaired) electrons. The number of aliphatic hydroxyl groups excluding tert-OH is 1. The van der Waals surface area contributed by atoms with Gasteiger partial charge < -0.3 is 10.0 Å². The van der Waals surface area contributed by atoms with Crippen LogP contribution in [-0.4, -0.2) is 49.2 Å². The van der Waals surface area contributed by atoms with Crippen LogP contribution in [0, 0.1) is 5.82 Å². The van der Waals surface area contributed by atoms with E-state index < -0.39 is 5.82 Å². The van der Waals surface area contributed by atoms with Crippen LogP contribution in [0.2, 0.25) is 5.02 Å². The van der Waals surface area contributed by atoms with Gasteiger partial charge in [0.05, 0.1) is 17.1 Å². The van der Waals surface area contributed by atoms with Crippen LogP contribution >= 0.6 is 11.6 Å². The van der Waals surface area contributed by atoms with Gasteiger partial charge in [-0.3, -0.25) is 9.79 Å². The summed E-state index contributed by atoms with van der Waals surface area (Å²) in [5, 5.41) is 10.2. The molecule has 1 aromatic carbocycles. The Kier molecular flexibility index (Phi) is 5.91. The van der Waals surface area contributed by atoms with E-state index in [0.29, 0.717) is 12.1 Å². The lowest BCUT2D eigenvalue weighted by Crippen LogP contribution is -2.20. The van der Waals surface area contributed by atoms with E-state index in [1.807, 2.05) is 19.0 Å². The van der Waals surface area contributed by atoms with Crippen molar-refractivity contribution in [3.8, 4) is 0 Å². The number of Topliss-reactive ketones (excluding diaryl/α,β-unsaturated/α-hetero) is 1. The first-order chi connectivity index (χ1) is 10.9. The van der Waals surface area contributed by atoms with Gasteiger partial charge in [0.1, 0.15) is 11.6 Å². The van der Waals surface area contributed by atoms with Crippen molar-refractivity contribution >= 4 is 23.6 Å². The SMILES string of the molecule is CN(C)CCN=CC1=C(O)CC(c2cccc(F)c2Cl)CC1=O. The highest BCUT2D eigenvalue weighted by atomic mass is 35.5. The van der Waals surface area contributed by atoms with Crippen LogP contribution in [0.4, 0.5) is 4.39 Å². The van der Waals surface area contributed by atoms with Crippen LogP contribution in [0.15, 0.2) is 34.5 Å². The minimum atomic E-state index is -0.517. The van der Waals surface area contributed by atoms with Crippen molar-refractivity contribution in [3.63, 3.8) is 0 Å². The van der Waals surface area contributed by atoms with E-state index in [-0.39, 0.29) is 40.9 Å². The number of halogens is 2. The number of nitrogens with zero attached hydrogens (tertiary/aromatic N) is 2. The molecule has 1 aromatic rings. The minimum absolute atomic E-state index is 0.0137. The molecule has 23 heavy (non-hydrogen) atoms. The van der Waals surface area contributed by atoms with Crippen molar-refractivity contribution in [1.82, 2.24) is 4.90 Å². The summed E-state index contributed by atoms with van der Waals surface area (Å²) in [6.45, 7) is 1.32. The van der Waals surface area contributed by atoms with Crippen molar-refractivity contribution in [2.75, 3.05) is 27.2 Å². The largest absolute Gasteiger partial charge is 0.511 e. The summed E-state index contributed by atoms with van der Waals surface area (Å²) in [5.41, 5.74) is 0.794. The molecule has 2 rings (SSSR count). The van der Waals surface area contributed by atoms with E-state index in [2.05, 4.69) is 4.99 Å². The number of rotatable bonds is 5. The summed E-state index contributed by atoms with van der Waals surface area (Å²) in [7, 11) is 3.87. The molecule has 0 saturated carbocycles. The number of hydrogen-bond donors (Lipinski definition) is 1. The van der Waals surface area contributed by atoms with Gasteiger partial charge in [-0.1, -0.05) is 23.7 Å². The second kappa shape index (κ2) is 7.70. The average Bonchev–Trinajstić information content (AvgIpc) is 2.48. The van der Waals surface area contributed by atoms with Crippen LogP contribution in [0.5, 0.6) is 0 Å². The van der Waals surface area contributed by atoms with E-state index >= 15 is 0 Å². The maximum absolute atomic E-state index is 13.6. The molecule has 0 amide bonds. The first-order valence-corrected chi connectivity index (χ1v) is 7.81. The van der Waals surface area contributed by atoms with Crippen molar-refractivity contribution in [2.24, 2.45) is 4.99 Å². The lowest BCUT2D eigenvalue weighted by molar-refractivity contribution is -0.116. The van der Waals surface area contributed by atoms with Crippen molar-refractivity contribution in [2.45, 2.75) is 18.8 Å². The zero-order valence-electron chi connectivity index (χ0n) is 13.2. The topological polar surface area (TPSA) is 52.9 Å². The number of aliphatic imine (C=N–C) groups is 1. The number of ketones is 1.